The Morgan fingerprint density at radius 3 is 2.82 bits per heavy atom. The van der Waals surface area contributed by atoms with Crippen molar-refractivity contribution in [2.24, 2.45) is 0 Å². The second-order valence-electron chi connectivity index (χ2n) is 4.40. The van der Waals surface area contributed by atoms with E-state index in [0.717, 1.165) is 18.4 Å². The highest BCUT2D eigenvalue weighted by atomic mass is 16.4. The van der Waals surface area contributed by atoms with Gasteiger partial charge in [-0.05, 0) is 18.9 Å². The Hall–Kier alpha value is -1.35. The molecular formula is C14H21NO2. The molecule has 3 heteroatoms. The topological polar surface area (TPSA) is 49.3 Å². The Kier molecular flexibility index (Phi) is 5.70. The maximum Gasteiger partial charge on any atom is 0.320 e. The molecule has 0 aliphatic heterocycles. The van der Waals surface area contributed by atoms with Crippen LogP contribution in [0.15, 0.2) is 24.3 Å². The summed E-state index contributed by atoms with van der Waals surface area (Å²) in [5.41, 5.74) is 2.33. The zero-order valence-corrected chi connectivity index (χ0v) is 10.6. The predicted octanol–water partition coefficient (Wildman–Crippen LogP) is 2.73. The van der Waals surface area contributed by atoms with E-state index in [-0.39, 0.29) is 0 Å². The van der Waals surface area contributed by atoms with Crippen LogP contribution in [0.3, 0.4) is 0 Å². The Morgan fingerprint density at radius 1 is 1.47 bits per heavy atom. The van der Waals surface area contributed by atoms with Gasteiger partial charge in [0.05, 0.1) is 0 Å². The zero-order valence-electron chi connectivity index (χ0n) is 10.6. The molecule has 1 atom stereocenters. The molecule has 0 fully saturated rings. The van der Waals surface area contributed by atoms with E-state index in [1.54, 1.807) is 0 Å². The normalized spacial score (nSPS) is 12.4. The largest absolute Gasteiger partial charge is 0.480 e. The second-order valence-corrected chi connectivity index (χ2v) is 4.40. The van der Waals surface area contributed by atoms with Gasteiger partial charge in [0.2, 0.25) is 0 Å². The maximum absolute atomic E-state index is 11.0. The summed E-state index contributed by atoms with van der Waals surface area (Å²) in [7, 11) is 0. The van der Waals surface area contributed by atoms with Crippen LogP contribution >= 0.6 is 0 Å². The minimum absolute atomic E-state index is 0.435. The van der Waals surface area contributed by atoms with Crippen LogP contribution in [-0.4, -0.2) is 17.1 Å². The molecule has 94 valence electrons. The van der Waals surface area contributed by atoms with Gasteiger partial charge in [-0.15, -0.1) is 0 Å². The zero-order chi connectivity index (χ0) is 12.7. The van der Waals surface area contributed by atoms with Gasteiger partial charge >= 0.3 is 5.97 Å². The molecule has 0 saturated carbocycles. The van der Waals surface area contributed by atoms with Crippen LogP contribution < -0.4 is 5.32 Å². The van der Waals surface area contributed by atoms with Gasteiger partial charge in [-0.3, -0.25) is 4.79 Å². The van der Waals surface area contributed by atoms with E-state index >= 15 is 0 Å². The van der Waals surface area contributed by atoms with Crippen molar-refractivity contribution in [2.75, 3.05) is 0 Å². The Labute approximate surface area is 103 Å². The van der Waals surface area contributed by atoms with E-state index in [2.05, 4.69) is 18.3 Å². The molecule has 0 aliphatic rings. The van der Waals surface area contributed by atoms with Gasteiger partial charge in [0.15, 0.2) is 0 Å². The van der Waals surface area contributed by atoms with E-state index in [1.165, 1.54) is 5.56 Å². The number of carboxylic acids is 1. The fourth-order valence-corrected chi connectivity index (χ4v) is 1.78. The number of carbonyl (C=O) groups is 1. The number of aliphatic carboxylic acids is 1. The van der Waals surface area contributed by atoms with E-state index < -0.39 is 12.0 Å². The van der Waals surface area contributed by atoms with Crippen molar-refractivity contribution in [3.8, 4) is 0 Å². The monoisotopic (exact) mass is 235 g/mol. The number of hydrogen-bond acceptors (Lipinski definition) is 2. The Balaban J connectivity index is 2.48. The summed E-state index contributed by atoms with van der Waals surface area (Å²) < 4.78 is 0. The van der Waals surface area contributed by atoms with Gasteiger partial charge in [-0.1, -0.05) is 49.6 Å². The van der Waals surface area contributed by atoms with Crippen molar-refractivity contribution in [1.82, 2.24) is 5.32 Å². The first-order chi connectivity index (χ1) is 8.13. The average Bonchev–Trinajstić information content (AvgIpc) is 2.28. The molecule has 0 spiro atoms. The molecule has 0 aliphatic carbocycles. The first-order valence-electron chi connectivity index (χ1n) is 6.15. The van der Waals surface area contributed by atoms with Crippen LogP contribution in [0.25, 0.3) is 0 Å². The van der Waals surface area contributed by atoms with Crippen LogP contribution in [0.4, 0.5) is 0 Å². The summed E-state index contributed by atoms with van der Waals surface area (Å²) in [4.78, 5) is 11.0. The standard InChI is InChI=1S/C14H21NO2/c1-3-4-8-13(14(16)17)15-10-12-7-5-6-11(2)9-12/h5-7,9,13,15H,3-4,8,10H2,1-2H3,(H,16,17). The Morgan fingerprint density at radius 2 is 2.24 bits per heavy atom. The number of carboxylic acid groups (broad SMARTS) is 1. The lowest BCUT2D eigenvalue weighted by atomic mass is 10.1. The molecule has 0 aromatic heterocycles. The number of benzene rings is 1. The maximum atomic E-state index is 11.0. The summed E-state index contributed by atoms with van der Waals surface area (Å²) in [5, 5.41) is 12.2. The lowest BCUT2D eigenvalue weighted by Crippen LogP contribution is -2.36. The van der Waals surface area contributed by atoms with Crippen LogP contribution in [0.5, 0.6) is 0 Å². The summed E-state index contributed by atoms with van der Waals surface area (Å²) in [6, 6.07) is 7.68. The molecule has 17 heavy (non-hydrogen) atoms. The van der Waals surface area contributed by atoms with Crippen molar-refractivity contribution in [1.29, 1.82) is 0 Å². The van der Waals surface area contributed by atoms with E-state index in [0.29, 0.717) is 13.0 Å². The minimum atomic E-state index is -0.758. The SMILES string of the molecule is CCCCC(NCc1cccc(C)c1)C(=O)O. The summed E-state index contributed by atoms with van der Waals surface area (Å²) in [6.45, 7) is 4.72. The molecule has 2 N–H and O–H groups in total. The number of unbranched alkanes of at least 4 members (excludes halogenated alkanes) is 1. The molecule has 1 unspecified atom stereocenters. The van der Waals surface area contributed by atoms with E-state index in [1.807, 2.05) is 25.1 Å². The molecule has 1 aromatic carbocycles. The lowest BCUT2D eigenvalue weighted by molar-refractivity contribution is -0.139. The van der Waals surface area contributed by atoms with E-state index in [9.17, 15) is 4.79 Å². The highest BCUT2D eigenvalue weighted by Crippen LogP contribution is 2.06. The third-order valence-corrected chi connectivity index (χ3v) is 2.78. The van der Waals surface area contributed by atoms with E-state index in [4.69, 9.17) is 5.11 Å². The average molecular weight is 235 g/mol. The Bertz CT molecular complexity index is 363. The highest BCUT2D eigenvalue weighted by molar-refractivity contribution is 5.73. The van der Waals surface area contributed by atoms with Crippen molar-refractivity contribution >= 4 is 5.97 Å². The summed E-state index contributed by atoms with van der Waals surface area (Å²) >= 11 is 0. The molecule has 0 bridgehead atoms. The van der Waals surface area contributed by atoms with Crippen molar-refractivity contribution in [2.45, 2.75) is 45.7 Å². The predicted molar refractivity (Wildman–Crippen MR) is 69.0 cm³/mol. The fraction of sp³-hybridized carbons (Fsp3) is 0.500. The van der Waals surface area contributed by atoms with Gasteiger partial charge in [0, 0.05) is 6.54 Å². The molecule has 1 aromatic rings. The molecule has 3 nitrogen and oxygen atoms in total. The van der Waals surface area contributed by atoms with Gasteiger partial charge in [-0.25, -0.2) is 0 Å². The van der Waals surface area contributed by atoms with Gasteiger partial charge in [0.1, 0.15) is 6.04 Å². The van der Waals surface area contributed by atoms with Crippen LogP contribution in [0, 0.1) is 6.92 Å². The number of hydrogen-bond donors (Lipinski definition) is 2. The van der Waals surface area contributed by atoms with Gasteiger partial charge < -0.3 is 10.4 Å². The van der Waals surface area contributed by atoms with Crippen molar-refractivity contribution in [3.05, 3.63) is 35.4 Å². The van der Waals surface area contributed by atoms with Crippen molar-refractivity contribution < 1.29 is 9.90 Å². The highest BCUT2D eigenvalue weighted by Gasteiger charge is 2.15. The van der Waals surface area contributed by atoms with Crippen LogP contribution in [0.2, 0.25) is 0 Å². The first kappa shape index (κ1) is 13.7. The minimum Gasteiger partial charge on any atom is -0.480 e. The molecule has 0 heterocycles. The molecule has 1 rings (SSSR count). The van der Waals surface area contributed by atoms with Crippen LogP contribution in [0.1, 0.15) is 37.3 Å². The first-order valence-corrected chi connectivity index (χ1v) is 6.15. The molecular weight excluding hydrogens is 214 g/mol. The number of rotatable bonds is 7. The molecule has 0 radical (unpaired) electrons. The van der Waals surface area contributed by atoms with Gasteiger partial charge in [-0.2, -0.15) is 0 Å². The van der Waals surface area contributed by atoms with Gasteiger partial charge in [0.25, 0.3) is 0 Å². The summed E-state index contributed by atoms with van der Waals surface area (Å²) in [6.07, 6.45) is 2.66. The van der Waals surface area contributed by atoms with Crippen molar-refractivity contribution in [3.63, 3.8) is 0 Å². The number of aryl methyl sites for hydroxylation is 1. The summed E-state index contributed by atoms with van der Waals surface area (Å²) in [5.74, 6) is -0.758. The quantitative estimate of drug-likeness (QED) is 0.764. The third kappa shape index (κ3) is 5.00. The smallest absolute Gasteiger partial charge is 0.320 e. The lowest BCUT2D eigenvalue weighted by Gasteiger charge is -2.14. The van der Waals surface area contributed by atoms with Crippen LogP contribution in [-0.2, 0) is 11.3 Å². The molecule has 0 saturated heterocycles. The molecule has 0 amide bonds. The number of nitrogens with one attached hydrogen (secondary N) is 1. The third-order valence-electron chi connectivity index (χ3n) is 2.78. The fourth-order valence-electron chi connectivity index (χ4n) is 1.78. The second kappa shape index (κ2) is 7.07.